The van der Waals surface area contributed by atoms with Gasteiger partial charge in [0.05, 0.1) is 12.0 Å². The summed E-state index contributed by atoms with van der Waals surface area (Å²) in [5.41, 5.74) is 0.0439. The molecular formula is C19H31NO2. The lowest BCUT2D eigenvalue weighted by Gasteiger charge is -2.57. The highest BCUT2D eigenvalue weighted by Crippen LogP contribution is 2.60. The molecular weight excluding hydrogens is 274 g/mol. The number of nitrogens with zero attached hydrogens (tertiary/aromatic N) is 1. The van der Waals surface area contributed by atoms with Crippen LogP contribution in [0.25, 0.3) is 0 Å². The highest BCUT2D eigenvalue weighted by molar-refractivity contribution is 5.83. The van der Waals surface area contributed by atoms with Gasteiger partial charge in [0.2, 0.25) is 5.91 Å². The van der Waals surface area contributed by atoms with Crippen molar-refractivity contribution in [2.24, 2.45) is 29.1 Å². The molecule has 0 aromatic carbocycles. The number of amides is 1. The van der Waals surface area contributed by atoms with E-state index in [0.717, 1.165) is 50.5 Å². The fraction of sp³-hybridized carbons (Fsp3) is 0.947. The topological polar surface area (TPSA) is 29.5 Å². The van der Waals surface area contributed by atoms with Gasteiger partial charge in [-0.2, -0.15) is 0 Å². The summed E-state index contributed by atoms with van der Waals surface area (Å²) in [6, 6.07) is 0. The van der Waals surface area contributed by atoms with Gasteiger partial charge in [-0.1, -0.05) is 0 Å². The first-order chi connectivity index (χ1) is 10.7. The third kappa shape index (κ3) is 2.60. The van der Waals surface area contributed by atoms with E-state index in [9.17, 15) is 4.79 Å². The zero-order chi connectivity index (χ0) is 15.2. The van der Waals surface area contributed by atoms with Gasteiger partial charge in [0.25, 0.3) is 0 Å². The Labute approximate surface area is 134 Å². The molecule has 5 rings (SSSR count). The number of hydrogen-bond donors (Lipinski definition) is 0. The molecule has 0 N–H and O–H groups in total. The smallest absolute Gasteiger partial charge is 0.228 e. The number of hydrogen-bond acceptors (Lipinski definition) is 2. The Kier molecular flexibility index (Phi) is 3.96. The summed E-state index contributed by atoms with van der Waals surface area (Å²) in [7, 11) is 0. The molecule has 3 heteroatoms. The second-order valence-corrected chi connectivity index (χ2v) is 8.62. The Morgan fingerprint density at radius 3 is 2.36 bits per heavy atom. The molecule has 1 amide bonds. The molecule has 5 aliphatic rings. The van der Waals surface area contributed by atoms with E-state index < -0.39 is 0 Å². The third-order valence-electron chi connectivity index (χ3n) is 6.86. The number of piperidine rings is 1. The van der Waals surface area contributed by atoms with Crippen LogP contribution in [-0.4, -0.2) is 37.1 Å². The molecule has 4 bridgehead atoms. The third-order valence-corrected chi connectivity index (χ3v) is 6.86. The van der Waals surface area contributed by atoms with Crippen molar-refractivity contribution in [1.29, 1.82) is 0 Å². The molecule has 1 atom stereocenters. The molecule has 1 saturated heterocycles. The highest BCUT2D eigenvalue weighted by atomic mass is 16.5. The summed E-state index contributed by atoms with van der Waals surface area (Å²) in [4.78, 5) is 15.6. The van der Waals surface area contributed by atoms with Crippen LogP contribution in [0, 0.1) is 29.1 Å². The van der Waals surface area contributed by atoms with Gasteiger partial charge in [-0.15, -0.1) is 0 Å². The largest absolute Gasteiger partial charge is 0.381 e. The monoisotopic (exact) mass is 305 g/mol. The summed E-state index contributed by atoms with van der Waals surface area (Å²) in [6.45, 7) is 5.62. The molecule has 0 aromatic heterocycles. The molecule has 5 fully saturated rings. The van der Waals surface area contributed by atoms with Gasteiger partial charge in [0.1, 0.15) is 0 Å². The fourth-order valence-corrected chi connectivity index (χ4v) is 6.38. The number of rotatable bonds is 4. The lowest BCUT2D eigenvalue weighted by atomic mass is 9.49. The lowest BCUT2D eigenvalue weighted by molar-refractivity contribution is -0.159. The van der Waals surface area contributed by atoms with Gasteiger partial charge in [0, 0.05) is 19.7 Å². The predicted octanol–water partition coefficient (Wildman–Crippen LogP) is 3.48. The van der Waals surface area contributed by atoms with Crippen molar-refractivity contribution in [3.8, 4) is 0 Å². The Bertz CT molecular complexity index is 398. The zero-order valence-corrected chi connectivity index (χ0v) is 14.1. The van der Waals surface area contributed by atoms with Crippen LogP contribution >= 0.6 is 0 Å². The minimum atomic E-state index is 0.0439. The lowest BCUT2D eigenvalue weighted by Crippen LogP contribution is -2.56. The first-order valence-corrected chi connectivity index (χ1v) is 9.55. The van der Waals surface area contributed by atoms with Crippen LogP contribution in [0.3, 0.4) is 0 Å². The summed E-state index contributed by atoms with van der Waals surface area (Å²) in [5.74, 6) is 3.66. The first-order valence-electron chi connectivity index (χ1n) is 9.55. The Balaban J connectivity index is 1.45. The Morgan fingerprint density at radius 2 is 1.77 bits per heavy atom. The van der Waals surface area contributed by atoms with Crippen molar-refractivity contribution in [1.82, 2.24) is 4.90 Å². The van der Waals surface area contributed by atoms with Crippen LogP contribution in [0.2, 0.25) is 0 Å². The van der Waals surface area contributed by atoms with Crippen LogP contribution in [0.1, 0.15) is 58.3 Å². The Morgan fingerprint density at radius 1 is 1.14 bits per heavy atom. The summed E-state index contributed by atoms with van der Waals surface area (Å²) in [5, 5.41) is 0. The van der Waals surface area contributed by atoms with Gasteiger partial charge < -0.3 is 9.64 Å². The van der Waals surface area contributed by atoms with E-state index in [0.29, 0.717) is 11.8 Å². The van der Waals surface area contributed by atoms with Crippen LogP contribution in [0.15, 0.2) is 0 Å². The maximum Gasteiger partial charge on any atom is 0.228 e. The summed E-state index contributed by atoms with van der Waals surface area (Å²) < 4.78 is 5.61. The second-order valence-electron chi connectivity index (χ2n) is 8.62. The van der Waals surface area contributed by atoms with E-state index in [1.165, 1.54) is 44.9 Å². The van der Waals surface area contributed by atoms with E-state index in [1.54, 1.807) is 0 Å². The van der Waals surface area contributed by atoms with Gasteiger partial charge in [-0.3, -0.25) is 4.79 Å². The van der Waals surface area contributed by atoms with Crippen molar-refractivity contribution < 1.29 is 9.53 Å². The molecule has 4 aliphatic carbocycles. The standard InChI is InChI=1S/C19H31NO2/c1-2-22-13-14-4-3-5-20(12-14)18(21)19-9-15-6-16(10-19)8-17(7-15)11-19/h14-17H,2-13H2,1H3. The van der Waals surface area contributed by atoms with Crippen molar-refractivity contribution in [2.75, 3.05) is 26.3 Å². The molecule has 22 heavy (non-hydrogen) atoms. The average Bonchev–Trinajstić information content (AvgIpc) is 2.51. The molecule has 3 nitrogen and oxygen atoms in total. The van der Waals surface area contributed by atoms with Crippen molar-refractivity contribution in [3.63, 3.8) is 0 Å². The van der Waals surface area contributed by atoms with Crippen LogP contribution in [0.4, 0.5) is 0 Å². The van der Waals surface area contributed by atoms with Crippen LogP contribution < -0.4 is 0 Å². The fourth-order valence-electron chi connectivity index (χ4n) is 6.38. The van der Waals surface area contributed by atoms with Crippen LogP contribution in [0.5, 0.6) is 0 Å². The molecule has 4 saturated carbocycles. The molecule has 1 aliphatic heterocycles. The Hall–Kier alpha value is -0.570. The predicted molar refractivity (Wildman–Crippen MR) is 86.4 cm³/mol. The molecule has 0 aromatic rings. The number of ether oxygens (including phenoxy) is 1. The SMILES string of the molecule is CCOCC1CCCN(C(=O)C23CC4CC(CC(C4)C2)C3)C1. The number of carbonyl (C=O) groups is 1. The van der Waals surface area contributed by atoms with E-state index in [-0.39, 0.29) is 5.41 Å². The van der Waals surface area contributed by atoms with Crippen molar-refractivity contribution in [2.45, 2.75) is 58.3 Å². The summed E-state index contributed by atoms with van der Waals surface area (Å²) >= 11 is 0. The average molecular weight is 305 g/mol. The highest BCUT2D eigenvalue weighted by Gasteiger charge is 2.55. The number of carbonyl (C=O) groups excluding carboxylic acids is 1. The van der Waals surface area contributed by atoms with Gasteiger partial charge in [-0.05, 0) is 82.0 Å². The quantitative estimate of drug-likeness (QED) is 0.796. The van der Waals surface area contributed by atoms with Gasteiger partial charge >= 0.3 is 0 Å². The molecule has 0 radical (unpaired) electrons. The van der Waals surface area contributed by atoms with Gasteiger partial charge in [-0.25, -0.2) is 0 Å². The van der Waals surface area contributed by atoms with E-state index in [4.69, 9.17) is 4.74 Å². The number of likely N-dealkylation sites (tertiary alicyclic amines) is 1. The molecule has 0 spiro atoms. The minimum Gasteiger partial charge on any atom is -0.381 e. The van der Waals surface area contributed by atoms with E-state index in [2.05, 4.69) is 11.8 Å². The van der Waals surface area contributed by atoms with Gasteiger partial charge in [0.15, 0.2) is 0 Å². The molecule has 124 valence electrons. The normalized spacial score (nSPS) is 43.6. The van der Waals surface area contributed by atoms with Crippen molar-refractivity contribution in [3.05, 3.63) is 0 Å². The zero-order valence-electron chi connectivity index (χ0n) is 14.1. The maximum atomic E-state index is 13.4. The molecule has 1 heterocycles. The molecule has 1 unspecified atom stereocenters. The van der Waals surface area contributed by atoms with E-state index in [1.807, 2.05) is 0 Å². The maximum absolute atomic E-state index is 13.4. The van der Waals surface area contributed by atoms with Crippen LogP contribution in [-0.2, 0) is 9.53 Å². The minimum absolute atomic E-state index is 0.0439. The summed E-state index contributed by atoms with van der Waals surface area (Å²) in [6.07, 6.45) is 10.2. The van der Waals surface area contributed by atoms with Crippen molar-refractivity contribution >= 4 is 5.91 Å². The first kappa shape index (κ1) is 15.0. The van der Waals surface area contributed by atoms with E-state index >= 15 is 0 Å². The second kappa shape index (κ2) is 5.81.